The summed E-state index contributed by atoms with van der Waals surface area (Å²) in [5.41, 5.74) is -0.0484. The number of fused-ring (bicyclic) bond motifs is 1. The van der Waals surface area contributed by atoms with Crippen LogP contribution >= 0.6 is 0 Å². The van der Waals surface area contributed by atoms with Crippen molar-refractivity contribution in [2.75, 3.05) is 18.4 Å². The van der Waals surface area contributed by atoms with E-state index in [9.17, 15) is 28.8 Å². The van der Waals surface area contributed by atoms with E-state index < -0.39 is 59.0 Å². The highest BCUT2D eigenvalue weighted by molar-refractivity contribution is 6.06. The highest BCUT2D eigenvalue weighted by Crippen LogP contribution is 2.43. The lowest BCUT2D eigenvalue weighted by molar-refractivity contribution is -0.165. The molecule has 14 nitrogen and oxygen atoms in total. The Bertz CT molecular complexity index is 1420. The quantitative estimate of drug-likeness (QED) is 0.0934. The number of rotatable bonds is 13. The van der Waals surface area contributed by atoms with Crippen molar-refractivity contribution in [2.45, 2.75) is 142 Å². The Balaban J connectivity index is 1.75. The first-order chi connectivity index (χ1) is 23.1. The van der Waals surface area contributed by atoms with E-state index in [2.05, 4.69) is 21.3 Å². The second-order valence-electron chi connectivity index (χ2n) is 15.8. The van der Waals surface area contributed by atoms with Crippen LogP contribution in [0.1, 0.15) is 129 Å². The molecule has 5 amide bonds. The molecule has 2 heterocycles. The van der Waals surface area contributed by atoms with Gasteiger partial charge in [0.25, 0.3) is 5.91 Å². The highest BCUT2D eigenvalue weighted by atomic mass is 16.6. The molecule has 3 rings (SSSR count). The van der Waals surface area contributed by atoms with Crippen LogP contribution in [0.15, 0.2) is 18.2 Å². The van der Waals surface area contributed by atoms with Crippen LogP contribution in [0.5, 0.6) is 0 Å². The molecule has 1 saturated heterocycles. The molecule has 2 aliphatic rings. The summed E-state index contributed by atoms with van der Waals surface area (Å²) in [6.45, 7) is 16.7. The number of piperidine rings is 1. The van der Waals surface area contributed by atoms with Crippen molar-refractivity contribution in [1.82, 2.24) is 20.9 Å². The smallest absolute Gasteiger partial charge is 0.408 e. The van der Waals surface area contributed by atoms with Crippen LogP contribution in [0.2, 0.25) is 0 Å². The predicted molar refractivity (Wildman–Crippen MR) is 186 cm³/mol. The van der Waals surface area contributed by atoms with Gasteiger partial charge in [-0.15, -0.1) is 0 Å². The fraction of sp³-hybridized carbons (Fsp3) is 0.667. The Morgan fingerprint density at radius 3 is 2.20 bits per heavy atom. The third kappa shape index (κ3) is 12.2. The molecule has 0 aromatic heterocycles. The van der Waals surface area contributed by atoms with Gasteiger partial charge in [-0.25, -0.2) is 14.4 Å². The number of carbonyl (C=O) groups excluding carboxylic acids is 6. The molecule has 2 aliphatic heterocycles. The minimum absolute atomic E-state index is 0.128. The fourth-order valence-corrected chi connectivity index (χ4v) is 5.81. The van der Waals surface area contributed by atoms with E-state index in [1.54, 1.807) is 79.3 Å². The van der Waals surface area contributed by atoms with Gasteiger partial charge in [0.1, 0.15) is 17.2 Å². The van der Waals surface area contributed by atoms with E-state index in [4.69, 9.17) is 14.2 Å². The molecule has 1 aromatic rings. The van der Waals surface area contributed by atoms with Gasteiger partial charge in [0.05, 0.1) is 6.04 Å². The predicted octanol–water partition coefficient (Wildman–Crippen LogP) is 5.11. The zero-order valence-corrected chi connectivity index (χ0v) is 30.9. The Labute approximate surface area is 295 Å². The van der Waals surface area contributed by atoms with Crippen molar-refractivity contribution in [1.29, 1.82) is 0 Å². The fourth-order valence-electron chi connectivity index (χ4n) is 5.81. The molecule has 0 bridgehead atoms. The third-order valence-electron chi connectivity index (χ3n) is 7.71. The van der Waals surface area contributed by atoms with Gasteiger partial charge in [0.15, 0.2) is 0 Å². The number of hydrogen-bond acceptors (Lipinski definition) is 10. The van der Waals surface area contributed by atoms with Crippen molar-refractivity contribution in [3.05, 3.63) is 29.3 Å². The number of alkyl carbamates (subject to hydrolysis) is 2. The van der Waals surface area contributed by atoms with E-state index in [-0.39, 0.29) is 31.1 Å². The molecule has 1 fully saturated rings. The number of imide groups is 1. The van der Waals surface area contributed by atoms with Gasteiger partial charge in [-0.1, -0.05) is 6.07 Å². The molecular formula is C36H55N5O9. The molecule has 0 saturated carbocycles. The molecule has 3 atom stereocenters. The van der Waals surface area contributed by atoms with Gasteiger partial charge in [0.2, 0.25) is 17.9 Å². The summed E-state index contributed by atoms with van der Waals surface area (Å²) in [6, 6.07) is 4.07. The number of unbranched alkanes of at least 4 members (excludes halogenated alkanes) is 1. The number of carbonyl (C=O) groups is 6. The maximum atomic E-state index is 13.9. The average molecular weight is 702 g/mol. The van der Waals surface area contributed by atoms with Crippen molar-refractivity contribution < 1.29 is 43.0 Å². The van der Waals surface area contributed by atoms with E-state index in [0.29, 0.717) is 50.0 Å². The summed E-state index contributed by atoms with van der Waals surface area (Å²) >= 11 is 0. The zero-order valence-electron chi connectivity index (χ0n) is 30.9. The first-order valence-corrected chi connectivity index (χ1v) is 17.4. The van der Waals surface area contributed by atoms with Crippen molar-refractivity contribution >= 4 is 41.6 Å². The Morgan fingerprint density at radius 2 is 1.58 bits per heavy atom. The lowest BCUT2D eigenvalue weighted by Gasteiger charge is -2.35. The summed E-state index contributed by atoms with van der Waals surface area (Å²) < 4.78 is 16.3. The maximum Gasteiger partial charge on any atom is 0.408 e. The normalized spacial score (nSPS) is 18.5. The van der Waals surface area contributed by atoms with E-state index >= 15 is 0 Å². The minimum Gasteiger partial charge on any atom is -0.457 e. The molecule has 4 N–H and O–H groups in total. The van der Waals surface area contributed by atoms with Gasteiger partial charge in [0, 0.05) is 41.9 Å². The molecule has 1 aromatic carbocycles. The van der Waals surface area contributed by atoms with Gasteiger partial charge in [-0.05, 0) is 113 Å². The topological polar surface area (TPSA) is 181 Å². The Hall–Kier alpha value is -4.36. The summed E-state index contributed by atoms with van der Waals surface area (Å²) in [7, 11) is 0. The van der Waals surface area contributed by atoms with E-state index in [1.165, 1.54) is 0 Å². The first-order valence-electron chi connectivity index (χ1n) is 17.4. The van der Waals surface area contributed by atoms with Crippen LogP contribution in [0.4, 0.5) is 15.3 Å². The number of hydrogen-bond donors (Lipinski definition) is 4. The molecule has 278 valence electrons. The van der Waals surface area contributed by atoms with Crippen LogP contribution in [0.3, 0.4) is 0 Å². The van der Waals surface area contributed by atoms with Crippen molar-refractivity contribution in [3.63, 3.8) is 0 Å². The van der Waals surface area contributed by atoms with Gasteiger partial charge in [-0.2, -0.15) is 0 Å². The molecule has 0 aliphatic carbocycles. The Morgan fingerprint density at radius 1 is 0.900 bits per heavy atom. The molecular weight excluding hydrogens is 646 g/mol. The summed E-state index contributed by atoms with van der Waals surface area (Å²) in [5.74, 6) is -1.81. The molecule has 3 unspecified atom stereocenters. The van der Waals surface area contributed by atoms with Crippen LogP contribution in [-0.4, -0.2) is 82.8 Å². The van der Waals surface area contributed by atoms with E-state index in [1.807, 2.05) is 6.07 Å². The summed E-state index contributed by atoms with van der Waals surface area (Å²) in [4.78, 5) is 77.9. The largest absolute Gasteiger partial charge is 0.457 e. The number of amides is 5. The summed E-state index contributed by atoms with van der Waals surface area (Å²) in [6.07, 6.45) is 0.314. The number of anilines is 1. The second kappa shape index (κ2) is 16.6. The molecule has 0 spiro atoms. The second-order valence-corrected chi connectivity index (χ2v) is 15.8. The highest BCUT2D eigenvalue weighted by Gasteiger charge is 2.45. The Kier molecular flexibility index (Phi) is 13.3. The third-order valence-corrected chi connectivity index (χ3v) is 7.71. The molecule has 14 heteroatoms. The van der Waals surface area contributed by atoms with Gasteiger partial charge < -0.3 is 35.1 Å². The number of nitrogens with one attached hydrogen (secondary N) is 4. The minimum atomic E-state index is -1.13. The van der Waals surface area contributed by atoms with E-state index in [0.717, 1.165) is 5.56 Å². The van der Waals surface area contributed by atoms with Crippen LogP contribution in [-0.2, 0) is 28.6 Å². The van der Waals surface area contributed by atoms with Crippen molar-refractivity contribution in [3.8, 4) is 0 Å². The monoisotopic (exact) mass is 701 g/mol. The first kappa shape index (κ1) is 40.1. The number of esters is 1. The SMILES string of the molecule is CC(C)(C)NC(=O)OC(CCCNc1cccc2c1C(CCCCNC(=O)OC(C)(C)C)N(C1CCC(=O)NC1=O)C2=O)C(=O)OC(C)(C)C. The molecule has 0 radical (unpaired) electrons. The number of benzene rings is 1. The number of nitrogens with zero attached hydrogens (tertiary/aromatic N) is 1. The van der Waals surface area contributed by atoms with Crippen LogP contribution in [0, 0.1) is 0 Å². The van der Waals surface area contributed by atoms with Crippen molar-refractivity contribution in [2.24, 2.45) is 0 Å². The molecule has 50 heavy (non-hydrogen) atoms. The van der Waals surface area contributed by atoms with Crippen LogP contribution in [0.25, 0.3) is 0 Å². The van der Waals surface area contributed by atoms with Gasteiger partial charge >= 0.3 is 18.2 Å². The van der Waals surface area contributed by atoms with Crippen LogP contribution < -0.4 is 21.3 Å². The number of ether oxygens (including phenoxy) is 3. The lowest BCUT2D eigenvalue weighted by Crippen LogP contribution is -2.53. The standard InChI is InChI=1S/C36H55N5O9/c1-34(2,3)40-33(47)48-26(31(45)49-35(4,5)6)17-13-21-37-23-15-12-14-22-28(23)24(16-10-11-20-38-32(46)50-36(7,8)9)41(30(22)44)25-18-19-27(42)39-29(25)43/h12,14-15,24-26,37H,10-11,13,16-21H2,1-9H3,(H,38,46)(H,40,47)(H,39,42,43). The summed E-state index contributed by atoms with van der Waals surface area (Å²) in [5, 5.41) is 11.2. The lowest BCUT2D eigenvalue weighted by atomic mass is 9.96. The average Bonchev–Trinajstić information content (AvgIpc) is 3.23. The maximum absolute atomic E-state index is 13.9. The zero-order chi connectivity index (χ0) is 37.4. The van der Waals surface area contributed by atoms with Gasteiger partial charge in [-0.3, -0.25) is 19.7 Å².